The molecule has 1 amide bonds. The fourth-order valence-electron chi connectivity index (χ4n) is 3.37. The lowest BCUT2D eigenvalue weighted by Crippen LogP contribution is -2.96. The van der Waals surface area contributed by atoms with Gasteiger partial charge in [-0.2, -0.15) is 7.82 Å². The van der Waals surface area contributed by atoms with Gasteiger partial charge in [-0.1, -0.05) is 96.8 Å². The lowest BCUT2D eigenvalue weighted by Gasteiger charge is -2.36. The second kappa shape index (κ2) is 25.9. The minimum atomic E-state index is -5.39. The molecule has 0 saturated heterocycles. The number of hydrogen-bond donors (Lipinski definition) is 3. The van der Waals surface area contributed by atoms with Crippen LogP contribution in [0.4, 0.5) is 0 Å². The third-order valence-electron chi connectivity index (χ3n) is 5.10. The monoisotopic (exact) mass is 467 g/mol. The average molecular weight is 468 g/mol. The van der Waals surface area contributed by atoms with Crippen molar-refractivity contribution in [1.29, 1.82) is 0 Å². The quantitative estimate of drug-likeness (QED) is 0.160. The topological polar surface area (TPSA) is 157 Å². The van der Waals surface area contributed by atoms with E-state index in [4.69, 9.17) is 24.4 Å². The number of quaternary nitrogens is 2. The van der Waals surface area contributed by atoms with Crippen molar-refractivity contribution in [3.8, 4) is 0 Å². The maximum atomic E-state index is 11.7. The first-order valence-corrected chi connectivity index (χ1v) is 13.8. The first-order chi connectivity index (χ1) is 14.8. The summed E-state index contributed by atoms with van der Waals surface area (Å²) in [6, 6.07) is 0. The highest BCUT2D eigenvalue weighted by atomic mass is 31.2. The van der Waals surface area contributed by atoms with Gasteiger partial charge in [-0.3, -0.25) is 5.32 Å². The molecule has 9 heteroatoms. The zero-order valence-electron chi connectivity index (χ0n) is 19.7. The summed E-state index contributed by atoms with van der Waals surface area (Å²) >= 11 is 0. The Morgan fingerprint density at radius 3 is 1.48 bits per heavy atom. The van der Waals surface area contributed by atoms with Crippen molar-refractivity contribution in [2.45, 2.75) is 110 Å². The van der Waals surface area contributed by atoms with E-state index < -0.39 is 7.82 Å². The van der Waals surface area contributed by atoms with Crippen LogP contribution < -0.4 is 25.3 Å². The number of carbonyl (C=O) groups excluding carboxylic acids is 1. The van der Waals surface area contributed by atoms with E-state index in [0.717, 1.165) is 32.5 Å². The standard InChI is InChI=1S/C22H46N2O2.H3O4P/c1-2-3-4-5-6-7-8-9-10-11-12-13-14-15-16-17-22(26)24-19-18-23-20-21-25;1-5(2,3)4/h23,25H,2-21H2,1H3,(H,24,26);(H3,1,2,3,4)/p-1. The molecule has 0 radical (unpaired) electrons. The Bertz CT molecular complexity index is 413. The molecular weight excluding hydrogens is 419 g/mol. The number of nitrogens with two attached hydrogens (primary N) is 2. The van der Waals surface area contributed by atoms with E-state index in [9.17, 15) is 4.79 Å². The van der Waals surface area contributed by atoms with Crippen LogP contribution in [0.5, 0.6) is 0 Å². The average Bonchev–Trinajstić information content (AvgIpc) is 2.69. The van der Waals surface area contributed by atoms with Gasteiger partial charge in [0.05, 0.1) is 19.6 Å². The van der Waals surface area contributed by atoms with Gasteiger partial charge < -0.3 is 29.7 Å². The molecule has 8 nitrogen and oxygen atoms in total. The zero-order valence-corrected chi connectivity index (χ0v) is 20.6. The summed E-state index contributed by atoms with van der Waals surface area (Å²) in [5.41, 5.74) is 0. The maximum Gasteiger partial charge on any atom is 0.310 e. The van der Waals surface area contributed by atoms with Gasteiger partial charge in [0.2, 0.25) is 0 Å². The first-order valence-electron chi connectivity index (χ1n) is 12.3. The van der Waals surface area contributed by atoms with Crippen LogP contribution in [0.1, 0.15) is 110 Å². The molecule has 0 unspecified atom stereocenters. The Balaban J connectivity index is 0. The van der Waals surface area contributed by atoms with Crippen molar-refractivity contribution >= 4 is 13.7 Å². The van der Waals surface area contributed by atoms with Gasteiger partial charge in [-0.15, -0.1) is 0 Å². The van der Waals surface area contributed by atoms with Crippen LogP contribution in [0.25, 0.3) is 0 Å². The smallest absolute Gasteiger partial charge is 0.310 e. The highest BCUT2D eigenvalue weighted by Crippen LogP contribution is 2.13. The van der Waals surface area contributed by atoms with Crippen molar-refractivity contribution in [2.75, 3.05) is 26.2 Å². The number of primary amides is 1. The van der Waals surface area contributed by atoms with Gasteiger partial charge in [0.25, 0.3) is 0 Å². The number of aliphatic hydroxyl groups excluding tert-OH is 1. The van der Waals surface area contributed by atoms with Crippen LogP contribution in [-0.2, 0) is 9.36 Å². The molecular formula is C22H48N2O6P-. The van der Waals surface area contributed by atoms with Gasteiger partial charge in [-0.25, -0.2) is 4.79 Å². The molecule has 0 saturated carbocycles. The molecule has 5 N–H and O–H groups in total. The Hall–Kier alpha value is -0.340. The lowest BCUT2D eigenvalue weighted by atomic mass is 10.0. The summed E-state index contributed by atoms with van der Waals surface area (Å²) in [7, 11) is -5.39. The summed E-state index contributed by atoms with van der Waals surface area (Å²) in [5.74, 6) is 0.303. The highest BCUT2D eigenvalue weighted by molar-refractivity contribution is 7.40. The molecule has 0 aliphatic carbocycles. The number of unbranched alkanes of at least 4 members (excludes halogenated alkanes) is 14. The van der Waals surface area contributed by atoms with Crippen molar-refractivity contribution in [2.24, 2.45) is 0 Å². The number of rotatable bonds is 21. The molecule has 0 aliphatic rings. The van der Waals surface area contributed by atoms with Gasteiger partial charge in [0.15, 0.2) is 0 Å². The van der Waals surface area contributed by atoms with Crippen LogP contribution in [0.3, 0.4) is 0 Å². The largest absolute Gasteiger partial charge is 0.822 e. The third kappa shape index (κ3) is 40.5. The second-order valence-electron chi connectivity index (χ2n) is 8.20. The predicted molar refractivity (Wildman–Crippen MR) is 118 cm³/mol. The number of aliphatic hydroxyl groups is 1. The Morgan fingerprint density at radius 1 is 0.710 bits per heavy atom. The van der Waals surface area contributed by atoms with E-state index >= 15 is 0 Å². The van der Waals surface area contributed by atoms with E-state index in [1.165, 1.54) is 89.9 Å². The van der Waals surface area contributed by atoms with Crippen LogP contribution in [0, 0.1) is 0 Å². The molecule has 188 valence electrons. The lowest BCUT2D eigenvalue weighted by molar-refractivity contribution is -0.693. The summed E-state index contributed by atoms with van der Waals surface area (Å²) in [5, 5.41) is 12.6. The molecule has 0 aromatic carbocycles. The summed E-state index contributed by atoms with van der Waals surface area (Å²) in [4.78, 5) is 37.3. The van der Waals surface area contributed by atoms with Crippen LogP contribution >= 0.6 is 7.82 Å². The summed E-state index contributed by atoms with van der Waals surface area (Å²) in [6.07, 6.45) is 21.2. The van der Waals surface area contributed by atoms with E-state index in [1.807, 2.05) is 5.32 Å². The van der Waals surface area contributed by atoms with Gasteiger partial charge >= 0.3 is 5.91 Å². The van der Waals surface area contributed by atoms with E-state index in [2.05, 4.69) is 12.2 Å². The van der Waals surface area contributed by atoms with Crippen molar-refractivity contribution < 1.29 is 39.8 Å². The van der Waals surface area contributed by atoms with Crippen molar-refractivity contribution in [3.05, 3.63) is 0 Å². The molecule has 0 bridgehead atoms. The highest BCUT2D eigenvalue weighted by Gasteiger charge is 2.05. The van der Waals surface area contributed by atoms with Gasteiger partial charge in [-0.05, 0) is 6.42 Å². The zero-order chi connectivity index (χ0) is 23.6. The molecule has 31 heavy (non-hydrogen) atoms. The van der Waals surface area contributed by atoms with Gasteiger partial charge in [0, 0.05) is 0 Å². The molecule has 0 rings (SSSR count). The van der Waals surface area contributed by atoms with Crippen LogP contribution in [0.15, 0.2) is 0 Å². The van der Waals surface area contributed by atoms with E-state index in [1.54, 1.807) is 0 Å². The van der Waals surface area contributed by atoms with Crippen molar-refractivity contribution in [1.82, 2.24) is 0 Å². The fraction of sp³-hybridized carbons (Fsp3) is 0.955. The minimum absolute atomic E-state index is 0.215. The SMILES string of the molecule is CCCCCCCCCCCCCCCCCC(=O)[NH2+]CC[NH2+]CCO.O=P([O-])([O-])[O-]. The van der Waals surface area contributed by atoms with E-state index in [0.29, 0.717) is 5.91 Å². The Morgan fingerprint density at radius 2 is 1.10 bits per heavy atom. The molecule has 0 heterocycles. The molecule has 0 aromatic rings. The third-order valence-corrected chi connectivity index (χ3v) is 5.10. The number of phosphoric acid groups is 1. The number of amides is 1. The van der Waals surface area contributed by atoms with E-state index in [-0.39, 0.29) is 6.61 Å². The van der Waals surface area contributed by atoms with Crippen LogP contribution in [0.2, 0.25) is 0 Å². The number of hydrogen-bond acceptors (Lipinski definition) is 6. The van der Waals surface area contributed by atoms with Crippen molar-refractivity contribution in [3.63, 3.8) is 0 Å². The number of carbonyl (C=O) groups is 1. The molecule has 0 aromatic heterocycles. The Labute approximate surface area is 189 Å². The second-order valence-corrected chi connectivity index (χ2v) is 9.09. The molecule has 0 atom stereocenters. The van der Waals surface area contributed by atoms with Crippen LogP contribution in [-0.4, -0.2) is 37.3 Å². The normalized spacial score (nSPS) is 11.3. The molecule has 0 spiro atoms. The maximum absolute atomic E-state index is 11.7. The molecule has 0 aliphatic heterocycles. The minimum Gasteiger partial charge on any atom is -0.822 e. The molecule has 0 fully saturated rings. The summed E-state index contributed by atoms with van der Waals surface area (Å²) < 4.78 is 8.55. The Kier molecular flexibility index (Phi) is 27.5. The predicted octanol–water partition coefficient (Wildman–Crippen LogP) is 0.0690. The summed E-state index contributed by atoms with van der Waals surface area (Å²) in [6.45, 7) is 4.97. The first kappa shape index (κ1) is 32.8. The fourth-order valence-corrected chi connectivity index (χ4v) is 3.37. The van der Waals surface area contributed by atoms with Gasteiger partial charge in [0.1, 0.15) is 13.1 Å².